The SMILES string of the molecule is C=CCCCCCCC1(O)CC2CCCC(C1)N2C(=O)OCC1c2ccccc2-c2ccccc21. The zero-order valence-corrected chi connectivity index (χ0v) is 20.8. The van der Waals surface area contributed by atoms with Crippen LogP contribution in [0.3, 0.4) is 0 Å². The van der Waals surface area contributed by atoms with Crippen molar-refractivity contribution in [2.24, 2.45) is 0 Å². The topological polar surface area (TPSA) is 49.8 Å². The molecule has 35 heavy (non-hydrogen) atoms. The molecule has 3 aliphatic rings. The van der Waals surface area contributed by atoms with Gasteiger partial charge in [0.25, 0.3) is 0 Å². The van der Waals surface area contributed by atoms with Gasteiger partial charge in [-0.05, 0) is 73.6 Å². The number of fused-ring (bicyclic) bond motifs is 5. The molecule has 2 saturated heterocycles. The van der Waals surface area contributed by atoms with E-state index in [1.807, 2.05) is 11.0 Å². The number of allylic oxidation sites excluding steroid dienone is 1. The number of carbonyl (C=O) groups excluding carboxylic acids is 1. The van der Waals surface area contributed by atoms with Crippen LogP contribution in [0.25, 0.3) is 11.1 Å². The fourth-order valence-electron chi connectivity index (χ4n) is 6.79. The summed E-state index contributed by atoms with van der Waals surface area (Å²) in [6.07, 6.45) is 12.7. The Balaban J connectivity index is 1.21. The number of hydrogen-bond acceptors (Lipinski definition) is 3. The first-order valence-electron chi connectivity index (χ1n) is 13.6. The van der Waals surface area contributed by atoms with Crippen molar-refractivity contribution in [3.63, 3.8) is 0 Å². The quantitative estimate of drug-likeness (QED) is 0.309. The molecule has 1 aliphatic carbocycles. The molecule has 1 amide bonds. The molecule has 1 N–H and O–H groups in total. The Bertz CT molecular complexity index is 988. The van der Waals surface area contributed by atoms with Crippen LogP contribution in [0.4, 0.5) is 4.79 Å². The maximum absolute atomic E-state index is 13.4. The number of nitrogens with zero attached hydrogens (tertiary/aromatic N) is 1. The smallest absolute Gasteiger partial charge is 0.410 e. The summed E-state index contributed by atoms with van der Waals surface area (Å²) >= 11 is 0. The van der Waals surface area contributed by atoms with Crippen LogP contribution in [0.1, 0.15) is 87.7 Å². The van der Waals surface area contributed by atoms with E-state index < -0.39 is 5.60 Å². The first kappa shape index (κ1) is 24.1. The highest BCUT2D eigenvalue weighted by Gasteiger charge is 2.47. The largest absolute Gasteiger partial charge is 0.448 e. The maximum atomic E-state index is 13.4. The lowest BCUT2D eigenvalue weighted by Crippen LogP contribution is -2.60. The number of rotatable bonds is 9. The second kappa shape index (κ2) is 10.6. The van der Waals surface area contributed by atoms with Gasteiger partial charge in [0.05, 0.1) is 5.60 Å². The summed E-state index contributed by atoms with van der Waals surface area (Å²) in [6.45, 7) is 4.15. The summed E-state index contributed by atoms with van der Waals surface area (Å²) in [5.41, 5.74) is 4.32. The number of unbranched alkanes of at least 4 members (excludes halogenated alkanes) is 4. The molecule has 2 aromatic carbocycles. The highest BCUT2D eigenvalue weighted by molar-refractivity contribution is 5.79. The van der Waals surface area contributed by atoms with Crippen molar-refractivity contribution in [2.45, 2.75) is 94.2 Å². The third-order valence-corrected chi connectivity index (χ3v) is 8.44. The van der Waals surface area contributed by atoms with E-state index in [2.05, 4.69) is 55.1 Å². The summed E-state index contributed by atoms with van der Waals surface area (Å²) in [5.74, 6) is 0.0778. The molecule has 2 bridgehead atoms. The predicted octanol–water partition coefficient (Wildman–Crippen LogP) is 7.21. The van der Waals surface area contributed by atoms with Crippen molar-refractivity contribution in [2.75, 3.05) is 6.61 Å². The first-order valence-corrected chi connectivity index (χ1v) is 13.6. The number of carbonyl (C=O) groups is 1. The van der Waals surface area contributed by atoms with E-state index in [1.165, 1.54) is 35.1 Å². The first-order chi connectivity index (χ1) is 17.1. The number of amides is 1. The Hall–Kier alpha value is -2.59. The van der Waals surface area contributed by atoms with Gasteiger partial charge in [-0.3, -0.25) is 0 Å². The number of aliphatic hydroxyl groups is 1. The minimum atomic E-state index is -0.645. The number of piperidine rings is 2. The van der Waals surface area contributed by atoms with E-state index in [-0.39, 0.29) is 24.1 Å². The lowest BCUT2D eigenvalue weighted by molar-refractivity contribution is -0.0894. The minimum Gasteiger partial charge on any atom is -0.448 e. The van der Waals surface area contributed by atoms with Crippen LogP contribution in [-0.2, 0) is 4.74 Å². The average molecular weight is 474 g/mol. The zero-order valence-electron chi connectivity index (χ0n) is 20.8. The third kappa shape index (κ3) is 5.04. The summed E-state index contributed by atoms with van der Waals surface area (Å²) in [5, 5.41) is 11.4. The second-order valence-electron chi connectivity index (χ2n) is 10.8. The standard InChI is InChI=1S/C31H39NO3/c1-2-3-4-5-6-11-19-31(34)20-23-13-12-14-24(21-31)32(23)30(33)35-22-29-27-17-9-7-15-25(27)26-16-8-10-18-28(26)29/h2,7-10,15-18,23-24,29,34H,1,3-6,11-14,19-22H2. The van der Waals surface area contributed by atoms with E-state index in [0.717, 1.165) is 44.9 Å². The van der Waals surface area contributed by atoms with Gasteiger partial charge in [-0.2, -0.15) is 0 Å². The molecule has 4 heteroatoms. The molecule has 0 aromatic heterocycles. The maximum Gasteiger partial charge on any atom is 0.410 e. The Morgan fingerprint density at radius 1 is 0.971 bits per heavy atom. The van der Waals surface area contributed by atoms with Crippen LogP contribution in [-0.4, -0.2) is 40.4 Å². The van der Waals surface area contributed by atoms with Crippen molar-refractivity contribution in [1.29, 1.82) is 0 Å². The van der Waals surface area contributed by atoms with Crippen LogP contribution in [0.15, 0.2) is 61.2 Å². The van der Waals surface area contributed by atoms with Crippen LogP contribution >= 0.6 is 0 Å². The van der Waals surface area contributed by atoms with Gasteiger partial charge in [-0.25, -0.2) is 4.79 Å². The molecule has 0 spiro atoms. The van der Waals surface area contributed by atoms with Crippen LogP contribution in [0.5, 0.6) is 0 Å². The Labute approximate surface area is 210 Å². The molecule has 5 rings (SSSR count). The van der Waals surface area contributed by atoms with E-state index in [4.69, 9.17) is 4.74 Å². The molecular formula is C31H39NO3. The van der Waals surface area contributed by atoms with Crippen molar-refractivity contribution in [3.05, 3.63) is 72.3 Å². The minimum absolute atomic E-state index is 0.0778. The van der Waals surface area contributed by atoms with Crippen LogP contribution < -0.4 is 0 Å². The molecule has 2 atom stereocenters. The Morgan fingerprint density at radius 2 is 1.57 bits per heavy atom. The summed E-state index contributed by atoms with van der Waals surface area (Å²) in [6, 6.07) is 17.1. The Kier molecular flexibility index (Phi) is 7.29. The van der Waals surface area contributed by atoms with E-state index in [9.17, 15) is 9.90 Å². The molecule has 0 saturated carbocycles. The summed E-state index contributed by atoms with van der Waals surface area (Å²) < 4.78 is 6.02. The van der Waals surface area contributed by atoms with E-state index >= 15 is 0 Å². The number of ether oxygens (including phenoxy) is 1. The average Bonchev–Trinajstić information content (AvgIpc) is 3.18. The van der Waals surface area contributed by atoms with Gasteiger partial charge < -0.3 is 14.7 Å². The summed E-state index contributed by atoms with van der Waals surface area (Å²) in [7, 11) is 0. The Morgan fingerprint density at radius 3 is 2.20 bits per heavy atom. The van der Waals surface area contributed by atoms with Crippen LogP contribution in [0.2, 0.25) is 0 Å². The van der Waals surface area contributed by atoms with Gasteiger partial charge in [0.2, 0.25) is 0 Å². The fourth-order valence-corrected chi connectivity index (χ4v) is 6.79. The van der Waals surface area contributed by atoms with Crippen molar-refractivity contribution in [1.82, 2.24) is 4.90 Å². The number of hydrogen-bond donors (Lipinski definition) is 1. The molecular weight excluding hydrogens is 434 g/mol. The molecule has 2 heterocycles. The number of benzene rings is 2. The molecule has 2 unspecified atom stereocenters. The van der Waals surface area contributed by atoms with Gasteiger partial charge in [0.15, 0.2) is 0 Å². The van der Waals surface area contributed by atoms with Gasteiger partial charge >= 0.3 is 6.09 Å². The van der Waals surface area contributed by atoms with Crippen molar-refractivity contribution >= 4 is 6.09 Å². The molecule has 2 aliphatic heterocycles. The van der Waals surface area contributed by atoms with Gasteiger partial charge in [0.1, 0.15) is 6.61 Å². The van der Waals surface area contributed by atoms with E-state index in [1.54, 1.807) is 0 Å². The highest BCUT2D eigenvalue weighted by Crippen LogP contribution is 2.45. The lowest BCUT2D eigenvalue weighted by atomic mass is 9.73. The monoisotopic (exact) mass is 473 g/mol. The summed E-state index contributed by atoms with van der Waals surface area (Å²) in [4.78, 5) is 15.4. The van der Waals surface area contributed by atoms with Crippen molar-refractivity contribution in [3.8, 4) is 11.1 Å². The van der Waals surface area contributed by atoms with E-state index in [0.29, 0.717) is 19.4 Å². The molecule has 2 aromatic rings. The van der Waals surface area contributed by atoms with Gasteiger partial charge in [-0.1, -0.05) is 73.9 Å². The normalized spacial score (nSPS) is 25.1. The van der Waals surface area contributed by atoms with Crippen molar-refractivity contribution < 1.29 is 14.6 Å². The molecule has 0 radical (unpaired) electrons. The fraction of sp³-hybridized carbons (Fsp3) is 0.516. The predicted molar refractivity (Wildman–Crippen MR) is 140 cm³/mol. The third-order valence-electron chi connectivity index (χ3n) is 8.44. The molecule has 2 fully saturated rings. The van der Waals surface area contributed by atoms with Gasteiger partial charge in [-0.15, -0.1) is 6.58 Å². The second-order valence-corrected chi connectivity index (χ2v) is 10.8. The van der Waals surface area contributed by atoms with Crippen LogP contribution in [0, 0.1) is 0 Å². The highest BCUT2D eigenvalue weighted by atomic mass is 16.6. The van der Waals surface area contributed by atoms with Gasteiger partial charge in [0, 0.05) is 18.0 Å². The molecule has 4 nitrogen and oxygen atoms in total. The lowest BCUT2D eigenvalue weighted by Gasteiger charge is -2.51. The molecule has 186 valence electrons. The zero-order chi connectivity index (χ0) is 24.3.